The predicted molar refractivity (Wildman–Crippen MR) is 119 cm³/mol. The molecule has 0 spiro atoms. The predicted octanol–water partition coefficient (Wildman–Crippen LogP) is 5.28. The van der Waals surface area contributed by atoms with E-state index in [4.69, 9.17) is 14.1 Å². The highest BCUT2D eigenvalue weighted by Gasteiger charge is 2.23. The molecule has 0 saturated carbocycles. The summed E-state index contributed by atoms with van der Waals surface area (Å²) in [7, 11) is 0. The number of rotatable bonds is 3. The van der Waals surface area contributed by atoms with E-state index in [1.807, 2.05) is 49.4 Å². The fourth-order valence-corrected chi connectivity index (χ4v) is 4.45. The number of nitrogens with zero attached hydrogens (tertiary/aromatic N) is 1. The Labute approximate surface area is 179 Å². The van der Waals surface area contributed by atoms with E-state index in [1.54, 1.807) is 0 Å². The average Bonchev–Trinajstić information content (AvgIpc) is 3.00. The molecule has 1 aliphatic carbocycles. The van der Waals surface area contributed by atoms with Crippen LogP contribution in [0.15, 0.2) is 57.7 Å². The molecular weight excluding hydrogens is 390 g/mol. The zero-order chi connectivity index (χ0) is 21.4. The van der Waals surface area contributed by atoms with Crippen LogP contribution in [0, 0.1) is 6.92 Å². The van der Waals surface area contributed by atoms with Crippen LogP contribution in [-0.4, -0.2) is 11.0 Å². The van der Waals surface area contributed by atoms with Crippen molar-refractivity contribution in [1.82, 2.24) is 4.98 Å². The van der Waals surface area contributed by atoms with Gasteiger partial charge in [0.1, 0.15) is 12.2 Å². The molecule has 5 rings (SSSR count). The van der Waals surface area contributed by atoms with Gasteiger partial charge in [0.15, 0.2) is 0 Å². The van der Waals surface area contributed by atoms with Gasteiger partial charge in [0.25, 0.3) is 0 Å². The van der Waals surface area contributed by atoms with E-state index in [1.165, 1.54) is 6.07 Å². The number of hydrogen-bond donors (Lipinski definition) is 0. The smallest absolute Gasteiger partial charge is 0.339 e. The first kappa shape index (κ1) is 19.5. The number of aromatic nitrogens is 1. The second-order valence-corrected chi connectivity index (χ2v) is 8.16. The van der Waals surface area contributed by atoms with Crippen molar-refractivity contribution in [2.45, 2.75) is 45.6 Å². The summed E-state index contributed by atoms with van der Waals surface area (Å²) in [6.07, 6.45) is 4.96. The number of benzene rings is 2. The highest BCUT2D eigenvalue weighted by Crippen LogP contribution is 2.30. The lowest BCUT2D eigenvalue weighted by Crippen LogP contribution is -2.13. The third kappa shape index (κ3) is 3.72. The second-order valence-electron chi connectivity index (χ2n) is 8.16. The molecule has 156 valence electrons. The summed E-state index contributed by atoms with van der Waals surface area (Å²) in [4.78, 5) is 30.2. The van der Waals surface area contributed by atoms with Gasteiger partial charge in [-0.2, -0.15) is 0 Å². The lowest BCUT2D eigenvalue weighted by atomic mass is 9.97. The quantitative estimate of drug-likeness (QED) is 0.260. The van der Waals surface area contributed by atoms with Crippen molar-refractivity contribution in [3.05, 3.63) is 86.9 Å². The van der Waals surface area contributed by atoms with E-state index in [2.05, 4.69) is 0 Å². The van der Waals surface area contributed by atoms with Gasteiger partial charge in [-0.15, -0.1) is 0 Å². The zero-order valence-electron chi connectivity index (χ0n) is 17.4. The Kier molecular flexibility index (Phi) is 5.02. The van der Waals surface area contributed by atoms with Gasteiger partial charge in [0.2, 0.25) is 0 Å². The molecule has 0 fully saturated rings. The summed E-state index contributed by atoms with van der Waals surface area (Å²) >= 11 is 0. The third-order valence-corrected chi connectivity index (χ3v) is 5.97. The Bertz CT molecular complexity index is 1370. The monoisotopic (exact) mass is 413 g/mol. The molecule has 0 amide bonds. The van der Waals surface area contributed by atoms with Crippen LogP contribution in [0.1, 0.15) is 52.0 Å². The van der Waals surface area contributed by atoms with Crippen LogP contribution in [0.25, 0.3) is 21.9 Å². The normalized spacial score (nSPS) is 13.7. The van der Waals surface area contributed by atoms with Gasteiger partial charge in [0, 0.05) is 28.1 Å². The molecule has 0 bridgehead atoms. The van der Waals surface area contributed by atoms with Crippen molar-refractivity contribution in [2.75, 3.05) is 0 Å². The van der Waals surface area contributed by atoms with Crippen LogP contribution in [-0.2, 0) is 24.2 Å². The molecule has 31 heavy (non-hydrogen) atoms. The first-order valence-electron chi connectivity index (χ1n) is 10.7. The maximum atomic E-state index is 13.3. The van der Waals surface area contributed by atoms with Crippen molar-refractivity contribution in [2.24, 2.45) is 0 Å². The fraction of sp³-hybridized carbons (Fsp3) is 0.269. The summed E-state index contributed by atoms with van der Waals surface area (Å²) in [6.45, 7) is 1.95. The number of pyridine rings is 1. The molecule has 2 aromatic heterocycles. The molecule has 0 radical (unpaired) electrons. The Morgan fingerprint density at radius 3 is 2.77 bits per heavy atom. The lowest BCUT2D eigenvalue weighted by molar-refractivity contribution is 0.0474. The molecule has 0 N–H and O–H groups in total. The van der Waals surface area contributed by atoms with Gasteiger partial charge in [-0.3, -0.25) is 4.98 Å². The van der Waals surface area contributed by atoms with Crippen LogP contribution < -0.4 is 5.63 Å². The second kappa shape index (κ2) is 7.99. The topological polar surface area (TPSA) is 69.4 Å². The van der Waals surface area contributed by atoms with Gasteiger partial charge in [-0.1, -0.05) is 36.8 Å². The number of hydrogen-bond acceptors (Lipinski definition) is 5. The number of esters is 1. The van der Waals surface area contributed by atoms with E-state index in [0.29, 0.717) is 16.7 Å². The van der Waals surface area contributed by atoms with E-state index < -0.39 is 5.63 Å². The van der Waals surface area contributed by atoms with Gasteiger partial charge in [-0.05, 0) is 55.9 Å². The van der Waals surface area contributed by atoms with Crippen molar-refractivity contribution < 1.29 is 13.9 Å². The molecular formula is C26H23NO4. The van der Waals surface area contributed by atoms with Gasteiger partial charge >= 0.3 is 11.6 Å². The Balaban J connectivity index is 1.54. The third-order valence-electron chi connectivity index (χ3n) is 5.97. The first-order chi connectivity index (χ1) is 15.1. The van der Waals surface area contributed by atoms with Gasteiger partial charge < -0.3 is 9.15 Å². The minimum Gasteiger partial charge on any atom is -0.457 e. The number of fused-ring (bicyclic) bond motifs is 3. The number of carbonyl (C=O) groups is 1. The van der Waals surface area contributed by atoms with Crippen LogP contribution >= 0.6 is 0 Å². The molecule has 5 heteroatoms. The molecule has 1 aliphatic rings. The number of aryl methyl sites for hydroxylation is 2. The van der Waals surface area contributed by atoms with Crippen molar-refractivity contribution in [3.8, 4) is 0 Å². The zero-order valence-corrected chi connectivity index (χ0v) is 17.4. The summed E-state index contributed by atoms with van der Waals surface area (Å²) in [5.74, 6) is -0.370. The van der Waals surface area contributed by atoms with E-state index in [9.17, 15) is 9.59 Å². The molecule has 2 heterocycles. The maximum Gasteiger partial charge on any atom is 0.339 e. The van der Waals surface area contributed by atoms with Gasteiger partial charge in [-0.25, -0.2) is 9.59 Å². The molecule has 2 aromatic carbocycles. The highest BCUT2D eigenvalue weighted by molar-refractivity contribution is 6.05. The maximum absolute atomic E-state index is 13.3. The fourth-order valence-electron chi connectivity index (χ4n) is 4.45. The molecule has 0 aliphatic heterocycles. The molecule has 4 aromatic rings. The Hall–Kier alpha value is -3.47. The Morgan fingerprint density at radius 1 is 1.03 bits per heavy atom. The molecule has 0 atom stereocenters. The molecule has 0 unspecified atom stereocenters. The van der Waals surface area contributed by atoms with E-state index >= 15 is 0 Å². The highest BCUT2D eigenvalue weighted by atomic mass is 16.5. The van der Waals surface area contributed by atoms with Crippen molar-refractivity contribution >= 4 is 27.8 Å². The summed E-state index contributed by atoms with van der Waals surface area (Å²) < 4.78 is 11.1. The van der Waals surface area contributed by atoms with Gasteiger partial charge in [0.05, 0.1) is 11.1 Å². The Morgan fingerprint density at radius 2 is 1.87 bits per heavy atom. The minimum atomic E-state index is -0.452. The lowest BCUT2D eigenvalue weighted by Gasteiger charge is -2.15. The largest absolute Gasteiger partial charge is 0.457 e. The minimum absolute atomic E-state index is 0.00934. The van der Waals surface area contributed by atoms with Crippen molar-refractivity contribution in [1.29, 1.82) is 0 Å². The number of carbonyl (C=O) groups excluding carboxylic acids is 1. The van der Waals surface area contributed by atoms with Crippen LogP contribution in [0.4, 0.5) is 0 Å². The molecule has 0 saturated heterocycles. The van der Waals surface area contributed by atoms with Crippen molar-refractivity contribution in [3.63, 3.8) is 0 Å². The standard InChI is InChI=1S/C26H23NO4/c1-16-11-12-18-17(14-24(28)31-23(18)13-16)15-30-26(29)25-19-7-3-2-4-9-21(19)27-22-10-6-5-8-20(22)25/h5-6,8,10-14H,2-4,7,9,15H2,1H3. The van der Waals surface area contributed by atoms with Crippen LogP contribution in [0.3, 0.4) is 0 Å². The number of ether oxygens (including phenoxy) is 1. The van der Waals surface area contributed by atoms with E-state index in [0.717, 1.165) is 65.2 Å². The summed E-state index contributed by atoms with van der Waals surface area (Å²) in [5.41, 5.74) is 5.13. The van der Waals surface area contributed by atoms with Crippen LogP contribution in [0.5, 0.6) is 0 Å². The SMILES string of the molecule is Cc1ccc2c(COC(=O)c3c4c(nc5ccccc35)CCCCC4)cc(=O)oc2c1. The average molecular weight is 413 g/mol. The van der Waals surface area contributed by atoms with Crippen LogP contribution in [0.2, 0.25) is 0 Å². The van der Waals surface area contributed by atoms with E-state index in [-0.39, 0.29) is 12.6 Å². The summed E-state index contributed by atoms with van der Waals surface area (Å²) in [5, 5.41) is 1.60. The molecule has 5 nitrogen and oxygen atoms in total. The number of para-hydroxylation sites is 1. The summed E-state index contributed by atoms with van der Waals surface area (Å²) in [6, 6.07) is 14.8. The first-order valence-corrected chi connectivity index (χ1v) is 10.7.